The molecule has 1 aromatic heterocycles. The molecule has 0 aliphatic rings. The summed E-state index contributed by atoms with van der Waals surface area (Å²) < 4.78 is 0. The number of nitrogens with two attached hydrogens (primary N) is 1. The Balaban J connectivity index is 0.00000225. The van der Waals surface area contributed by atoms with Crippen molar-refractivity contribution in [3.8, 4) is 0 Å². The Labute approximate surface area is 118 Å². The van der Waals surface area contributed by atoms with Crippen molar-refractivity contribution in [3.63, 3.8) is 0 Å². The van der Waals surface area contributed by atoms with Crippen molar-refractivity contribution in [2.75, 3.05) is 13.1 Å². The van der Waals surface area contributed by atoms with Gasteiger partial charge in [-0.2, -0.15) is 0 Å². The summed E-state index contributed by atoms with van der Waals surface area (Å²) in [5.41, 5.74) is 5.85. The van der Waals surface area contributed by atoms with Crippen LogP contribution in [0.5, 0.6) is 0 Å². The van der Waals surface area contributed by atoms with Gasteiger partial charge in [0.2, 0.25) is 0 Å². The second-order valence-corrected chi connectivity index (χ2v) is 4.53. The Hall–Kier alpha value is -0.370. The predicted octanol–water partition coefficient (Wildman–Crippen LogP) is 2.23. The molecule has 6 heteroatoms. The second-order valence-electron chi connectivity index (χ2n) is 3.21. The maximum absolute atomic E-state index is 5.85. The van der Waals surface area contributed by atoms with Gasteiger partial charge in [-0.3, -0.25) is 0 Å². The summed E-state index contributed by atoms with van der Waals surface area (Å²) in [7, 11) is 0. The zero-order valence-corrected chi connectivity index (χ0v) is 13.1. The van der Waals surface area contributed by atoms with Crippen molar-refractivity contribution in [3.05, 3.63) is 16.1 Å². The molecule has 0 aliphatic heterocycles. The number of aliphatic imine (C=N–C) groups is 1. The fourth-order valence-electron chi connectivity index (χ4n) is 1.27. The molecule has 0 radical (unpaired) electrons. The summed E-state index contributed by atoms with van der Waals surface area (Å²) in [5, 5.41) is 1.02. The highest BCUT2D eigenvalue weighted by Crippen LogP contribution is 2.11. The summed E-state index contributed by atoms with van der Waals surface area (Å²) in [5.74, 6) is 0.604. The highest BCUT2D eigenvalue weighted by Gasteiger charge is 2.02. The average molecular weight is 354 g/mol. The summed E-state index contributed by atoms with van der Waals surface area (Å²) in [6.07, 6.45) is 1.86. The lowest BCUT2D eigenvalue weighted by atomic mass is 10.5. The average Bonchev–Trinajstić information content (AvgIpc) is 2.63. The molecule has 0 bridgehead atoms. The fraction of sp³-hybridized carbons (Fsp3) is 0.600. The lowest BCUT2D eigenvalue weighted by molar-refractivity contribution is 0.458. The zero-order chi connectivity index (χ0) is 11.3. The van der Waals surface area contributed by atoms with Crippen LogP contribution in [0.1, 0.15) is 23.7 Å². The molecule has 1 heterocycles. The molecule has 1 aromatic rings. The molecule has 0 aromatic carbocycles. The first-order chi connectivity index (χ1) is 7.17. The third-order valence-electron chi connectivity index (χ3n) is 2.13. The monoisotopic (exact) mass is 354 g/mol. The van der Waals surface area contributed by atoms with Gasteiger partial charge in [0.1, 0.15) is 5.01 Å². The maximum atomic E-state index is 5.85. The van der Waals surface area contributed by atoms with E-state index >= 15 is 0 Å². The Morgan fingerprint density at radius 3 is 2.56 bits per heavy atom. The number of halogens is 1. The highest BCUT2D eigenvalue weighted by atomic mass is 127. The van der Waals surface area contributed by atoms with E-state index in [1.807, 2.05) is 18.0 Å². The molecule has 2 N–H and O–H groups in total. The van der Waals surface area contributed by atoms with E-state index in [2.05, 4.69) is 23.8 Å². The standard InChI is InChI=1S/C10H18N4S.HI/c1-4-14(5-2)10(11)13-7-9-12-6-8(3)15-9;/h6H,4-5,7H2,1-3H3,(H2,11,13);1H. The molecule has 0 amide bonds. The van der Waals surface area contributed by atoms with E-state index in [1.165, 1.54) is 4.88 Å². The molecule has 0 spiro atoms. The maximum Gasteiger partial charge on any atom is 0.191 e. The number of hydrogen-bond donors (Lipinski definition) is 1. The number of thiazole rings is 1. The topological polar surface area (TPSA) is 54.5 Å². The molecule has 1 rings (SSSR count). The second kappa shape index (κ2) is 7.83. The van der Waals surface area contributed by atoms with Gasteiger partial charge in [-0.1, -0.05) is 0 Å². The molecule has 16 heavy (non-hydrogen) atoms. The largest absolute Gasteiger partial charge is 0.370 e. The van der Waals surface area contributed by atoms with Crippen LogP contribution < -0.4 is 5.73 Å². The quantitative estimate of drug-likeness (QED) is 0.513. The van der Waals surface area contributed by atoms with E-state index in [-0.39, 0.29) is 24.0 Å². The minimum absolute atomic E-state index is 0. The fourth-order valence-corrected chi connectivity index (χ4v) is 1.98. The number of aromatic nitrogens is 1. The van der Waals surface area contributed by atoms with Crippen LogP contribution in [0.4, 0.5) is 0 Å². The van der Waals surface area contributed by atoms with Gasteiger partial charge in [-0.25, -0.2) is 9.98 Å². The number of rotatable bonds is 4. The number of aryl methyl sites for hydroxylation is 1. The molecule has 0 saturated carbocycles. The van der Waals surface area contributed by atoms with Gasteiger partial charge in [-0.05, 0) is 20.8 Å². The summed E-state index contributed by atoms with van der Waals surface area (Å²) in [6, 6.07) is 0. The molecule has 0 saturated heterocycles. The Kier molecular flexibility index (Phi) is 7.65. The number of guanidine groups is 1. The van der Waals surface area contributed by atoms with Crippen LogP contribution in [-0.4, -0.2) is 28.9 Å². The molecular formula is C10H19IN4S. The van der Waals surface area contributed by atoms with Crippen LogP contribution in [-0.2, 0) is 6.54 Å². The van der Waals surface area contributed by atoms with E-state index in [4.69, 9.17) is 5.73 Å². The van der Waals surface area contributed by atoms with Crippen molar-refractivity contribution in [2.24, 2.45) is 10.7 Å². The molecule has 0 fully saturated rings. The molecular weight excluding hydrogens is 335 g/mol. The van der Waals surface area contributed by atoms with Crippen LogP contribution in [0.3, 0.4) is 0 Å². The first-order valence-electron chi connectivity index (χ1n) is 5.13. The van der Waals surface area contributed by atoms with Crippen LogP contribution in [0.2, 0.25) is 0 Å². The SMILES string of the molecule is CCN(CC)C(N)=NCc1ncc(C)s1.I. The molecule has 4 nitrogen and oxygen atoms in total. The lowest BCUT2D eigenvalue weighted by Crippen LogP contribution is -2.37. The Morgan fingerprint density at radius 2 is 2.12 bits per heavy atom. The predicted molar refractivity (Wildman–Crippen MR) is 80.5 cm³/mol. The van der Waals surface area contributed by atoms with E-state index < -0.39 is 0 Å². The van der Waals surface area contributed by atoms with Crippen molar-refractivity contribution in [2.45, 2.75) is 27.3 Å². The van der Waals surface area contributed by atoms with Crippen molar-refractivity contribution < 1.29 is 0 Å². The van der Waals surface area contributed by atoms with E-state index in [0.29, 0.717) is 12.5 Å². The van der Waals surface area contributed by atoms with Crippen molar-refractivity contribution in [1.82, 2.24) is 9.88 Å². The van der Waals surface area contributed by atoms with Gasteiger partial charge >= 0.3 is 0 Å². The Morgan fingerprint density at radius 1 is 1.50 bits per heavy atom. The van der Waals surface area contributed by atoms with Crippen LogP contribution in [0, 0.1) is 6.92 Å². The molecule has 0 aliphatic carbocycles. The van der Waals surface area contributed by atoms with E-state index in [9.17, 15) is 0 Å². The summed E-state index contributed by atoms with van der Waals surface area (Å²) in [6.45, 7) is 8.55. The van der Waals surface area contributed by atoms with Crippen LogP contribution >= 0.6 is 35.3 Å². The van der Waals surface area contributed by atoms with Crippen molar-refractivity contribution in [1.29, 1.82) is 0 Å². The number of hydrogen-bond acceptors (Lipinski definition) is 3. The van der Waals surface area contributed by atoms with Gasteiger partial charge in [0.15, 0.2) is 5.96 Å². The van der Waals surface area contributed by atoms with Gasteiger partial charge in [0.05, 0.1) is 6.54 Å². The zero-order valence-electron chi connectivity index (χ0n) is 9.93. The first-order valence-corrected chi connectivity index (χ1v) is 5.95. The third-order valence-corrected chi connectivity index (χ3v) is 3.03. The van der Waals surface area contributed by atoms with E-state index in [1.54, 1.807) is 11.3 Å². The molecule has 92 valence electrons. The first kappa shape index (κ1) is 15.6. The van der Waals surface area contributed by atoms with Gasteiger partial charge in [0.25, 0.3) is 0 Å². The van der Waals surface area contributed by atoms with Crippen molar-refractivity contribution >= 4 is 41.3 Å². The molecule has 0 unspecified atom stereocenters. The molecule has 0 atom stereocenters. The van der Waals surface area contributed by atoms with Gasteiger partial charge in [-0.15, -0.1) is 35.3 Å². The minimum atomic E-state index is 0. The Bertz CT molecular complexity index is 333. The normalized spacial score (nSPS) is 11.1. The lowest BCUT2D eigenvalue weighted by Gasteiger charge is -2.18. The van der Waals surface area contributed by atoms with Gasteiger partial charge < -0.3 is 10.6 Å². The summed E-state index contributed by atoms with van der Waals surface area (Å²) in [4.78, 5) is 11.8. The third kappa shape index (κ3) is 4.65. The van der Waals surface area contributed by atoms with Crippen LogP contribution in [0.25, 0.3) is 0 Å². The minimum Gasteiger partial charge on any atom is -0.370 e. The summed E-state index contributed by atoms with van der Waals surface area (Å²) >= 11 is 1.66. The van der Waals surface area contributed by atoms with Gasteiger partial charge in [0, 0.05) is 24.2 Å². The van der Waals surface area contributed by atoms with E-state index in [0.717, 1.165) is 18.1 Å². The highest BCUT2D eigenvalue weighted by molar-refractivity contribution is 14.0. The smallest absolute Gasteiger partial charge is 0.191 e. The van der Waals surface area contributed by atoms with Crippen LogP contribution in [0.15, 0.2) is 11.2 Å². The number of nitrogens with zero attached hydrogens (tertiary/aromatic N) is 3.